The predicted molar refractivity (Wildman–Crippen MR) is 72.2 cm³/mol. The highest BCUT2D eigenvalue weighted by Gasteiger charge is 2.13. The molecule has 1 heterocycles. The van der Waals surface area contributed by atoms with Crippen molar-refractivity contribution in [3.63, 3.8) is 0 Å². The maximum absolute atomic E-state index is 11.1. The second kappa shape index (κ2) is 6.56. The molecule has 0 saturated carbocycles. The third kappa shape index (κ3) is 3.98. The number of carboxylic acid groups (broad SMARTS) is 1. The number of aromatic nitrogens is 2. The first-order chi connectivity index (χ1) is 9.65. The molecule has 0 aliphatic carbocycles. The van der Waals surface area contributed by atoms with Crippen molar-refractivity contribution < 1.29 is 14.7 Å². The molecule has 0 aliphatic rings. The Bertz CT molecular complexity index is 612. The molecule has 1 N–H and O–H groups in total. The van der Waals surface area contributed by atoms with Crippen LogP contribution in [0.3, 0.4) is 0 Å². The maximum Gasteiger partial charge on any atom is 0.372 e. The molecule has 0 fully saturated rings. The summed E-state index contributed by atoms with van der Waals surface area (Å²) >= 11 is 0. The molecule has 1 aromatic heterocycles. The van der Waals surface area contributed by atoms with Gasteiger partial charge in [0, 0.05) is 5.69 Å². The van der Waals surface area contributed by atoms with E-state index in [1.54, 1.807) is 6.07 Å². The molecule has 5 nitrogen and oxygen atoms in total. The number of benzene rings is 1. The Kier molecular flexibility index (Phi) is 4.55. The Hall–Kier alpha value is -2.56. The monoisotopic (exact) mass is 270 g/mol. The van der Waals surface area contributed by atoms with Gasteiger partial charge in [0.05, 0.1) is 12.1 Å². The van der Waals surface area contributed by atoms with Crippen LogP contribution in [0.1, 0.15) is 17.0 Å². The van der Waals surface area contributed by atoms with E-state index < -0.39 is 11.8 Å². The largest absolute Gasteiger partial charge is 0.475 e. The molecule has 0 radical (unpaired) electrons. The van der Waals surface area contributed by atoms with E-state index in [9.17, 15) is 9.59 Å². The predicted octanol–water partition coefficient (Wildman–Crippen LogP) is 1.46. The van der Waals surface area contributed by atoms with Crippen LogP contribution in [0.4, 0.5) is 0 Å². The zero-order chi connectivity index (χ0) is 14.4. The van der Waals surface area contributed by atoms with Crippen molar-refractivity contribution in [3.05, 3.63) is 59.7 Å². The number of aryl methyl sites for hydroxylation is 2. The molecule has 2 rings (SSSR count). The summed E-state index contributed by atoms with van der Waals surface area (Å²) in [5, 5.41) is 8.57. The molecule has 20 heavy (non-hydrogen) atoms. The molecule has 0 bridgehead atoms. The fourth-order valence-corrected chi connectivity index (χ4v) is 1.83. The molecule has 2 aromatic rings. The standard InChI is InChI=1S/C15H14N2O3/c18-14(15(19)20)9-13-8-12(16-10-17-13)7-6-11-4-2-1-3-5-11/h1-5,8,10H,6-7,9H2,(H,19,20). The highest BCUT2D eigenvalue weighted by molar-refractivity contribution is 6.33. The van der Waals surface area contributed by atoms with E-state index in [4.69, 9.17) is 5.11 Å². The number of carbonyl (C=O) groups is 2. The van der Waals surface area contributed by atoms with Gasteiger partial charge in [-0.15, -0.1) is 0 Å². The number of nitrogens with zero attached hydrogens (tertiary/aromatic N) is 2. The van der Waals surface area contributed by atoms with Crippen LogP contribution in [0.2, 0.25) is 0 Å². The third-order valence-electron chi connectivity index (χ3n) is 2.87. The van der Waals surface area contributed by atoms with Crippen molar-refractivity contribution >= 4 is 11.8 Å². The van der Waals surface area contributed by atoms with Crippen LogP contribution in [0, 0.1) is 0 Å². The smallest absolute Gasteiger partial charge is 0.372 e. The van der Waals surface area contributed by atoms with Crippen molar-refractivity contribution in [1.29, 1.82) is 0 Å². The van der Waals surface area contributed by atoms with Crippen LogP contribution >= 0.6 is 0 Å². The summed E-state index contributed by atoms with van der Waals surface area (Å²) in [6.45, 7) is 0. The van der Waals surface area contributed by atoms with Gasteiger partial charge in [-0.3, -0.25) is 4.79 Å². The van der Waals surface area contributed by atoms with Gasteiger partial charge >= 0.3 is 5.97 Å². The first-order valence-corrected chi connectivity index (χ1v) is 6.25. The lowest BCUT2D eigenvalue weighted by Crippen LogP contribution is -2.16. The minimum absolute atomic E-state index is 0.198. The molecular weight excluding hydrogens is 256 g/mol. The van der Waals surface area contributed by atoms with Crippen molar-refractivity contribution in [2.24, 2.45) is 0 Å². The summed E-state index contributed by atoms with van der Waals surface area (Å²) in [5.74, 6) is -2.30. The van der Waals surface area contributed by atoms with Gasteiger partial charge in [0.2, 0.25) is 5.78 Å². The number of hydrogen-bond acceptors (Lipinski definition) is 4. The number of carbonyl (C=O) groups excluding carboxylic acids is 1. The average molecular weight is 270 g/mol. The Morgan fingerprint density at radius 2 is 1.70 bits per heavy atom. The molecule has 0 atom stereocenters. The van der Waals surface area contributed by atoms with Crippen LogP contribution in [-0.4, -0.2) is 26.8 Å². The number of hydrogen-bond donors (Lipinski definition) is 1. The molecule has 0 unspecified atom stereocenters. The van der Waals surface area contributed by atoms with Gasteiger partial charge < -0.3 is 5.11 Å². The second-order valence-corrected chi connectivity index (χ2v) is 4.39. The number of ketones is 1. The third-order valence-corrected chi connectivity index (χ3v) is 2.87. The van der Waals surface area contributed by atoms with E-state index in [1.165, 1.54) is 11.9 Å². The summed E-state index contributed by atoms with van der Waals surface area (Å²) < 4.78 is 0. The van der Waals surface area contributed by atoms with E-state index in [0.29, 0.717) is 5.69 Å². The summed E-state index contributed by atoms with van der Waals surface area (Å²) in [5.41, 5.74) is 2.45. The Morgan fingerprint density at radius 1 is 1.00 bits per heavy atom. The first-order valence-electron chi connectivity index (χ1n) is 6.25. The molecule has 0 saturated heterocycles. The van der Waals surface area contributed by atoms with E-state index >= 15 is 0 Å². The molecular formula is C15H14N2O3. The number of Topliss-reactive ketones (excluding diaryl/α,β-unsaturated/α-hetero) is 1. The highest BCUT2D eigenvalue weighted by Crippen LogP contribution is 2.06. The van der Waals surface area contributed by atoms with Gasteiger partial charge in [-0.05, 0) is 24.5 Å². The van der Waals surface area contributed by atoms with Crippen molar-refractivity contribution in [2.75, 3.05) is 0 Å². The van der Waals surface area contributed by atoms with E-state index in [1.807, 2.05) is 30.3 Å². The minimum atomic E-state index is -1.44. The van der Waals surface area contributed by atoms with Crippen LogP contribution in [0.15, 0.2) is 42.7 Å². The SMILES string of the molecule is O=C(O)C(=O)Cc1cc(CCc2ccccc2)ncn1. The Morgan fingerprint density at radius 3 is 2.40 bits per heavy atom. The van der Waals surface area contributed by atoms with Gasteiger partial charge in [0.1, 0.15) is 6.33 Å². The lowest BCUT2D eigenvalue weighted by Gasteiger charge is -2.03. The lowest BCUT2D eigenvalue weighted by atomic mass is 10.1. The van der Waals surface area contributed by atoms with Crippen LogP contribution in [-0.2, 0) is 28.9 Å². The van der Waals surface area contributed by atoms with Crippen molar-refractivity contribution in [3.8, 4) is 0 Å². The van der Waals surface area contributed by atoms with Crippen LogP contribution < -0.4 is 0 Å². The Balaban J connectivity index is 1.99. The summed E-state index contributed by atoms with van der Waals surface area (Å²) in [6, 6.07) is 11.7. The number of aliphatic carboxylic acids is 1. The van der Waals surface area contributed by atoms with Gasteiger partial charge in [-0.25, -0.2) is 14.8 Å². The fraction of sp³-hybridized carbons (Fsp3) is 0.200. The molecule has 102 valence electrons. The topological polar surface area (TPSA) is 80.1 Å². The fourth-order valence-electron chi connectivity index (χ4n) is 1.83. The summed E-state index contributed by atoms with van der Waals surface area (Å²) in [6.07, 6.45) is 2.73. The number of carboxylic acids is 1. The second-order valence-electron chi connectivity index (χ2n) is 4.39. The molecule has 0 aliphatic heterocycles. The quantitative estimate of drug-likeness (QED) is 0.804. The molecule has 0 spiro atoms. The van der Waals surface area contributed by atoms with Crippen molar-refractivity contribution in [2.45, 2.75) is 19.3 Å². The van der Waals surface area contributed by atoms with Gasteiger partial charge in [-0.2, -0.15) is 0 Å². The Labute approximate surface area is 116 Å². The van der Waals surface area contributed by atoms with Crippen molar-refractivity contribution in [1.82, 2.24) is 9.97 Å². The first kappa shape index (κ1) is 13.9. The zero-order valence-corrected chi connectivity index (χ0v) is 10.8. The molecule has 5 heteroatoms. The van der Waals surface area contributed by atoms with Crippen LogP contribution in [0.5, 0.6) is 0 Å². The maximum atomic E-state index is 11.1. The highest BCUT2D eigenvalue weighted by atomic mass is 16.4. The summed E-state index contributed by atoms with van der Waals surface area (Å²) in [4.78, 5) is 29.7. The van der Waals surface area contributed by atoms with Crippen LogP contribution in [0.25, 0.3) is 0 Å². The average Bonchev–Trinajstić information content (AvgIpc) is 2.46. The lowest BCUT2D eigenvalue weighted by molar-refractivity contribution is -0.148. The van der Waals surface area contributed by atoms with E-state index in [-0.39, 0.29) is 6.42 Å². The van der Waals surface area contributed by atoms with Gasteiger partial charge in [0.25, 0.3) is 0 Å². The van der Waals surface area contributed by atoms with Gasteiger partial charge in [0.15, 0.2) is 0 Å². The van der Waals surface area contributed by atoms with E-state index in [2.05, 4.69) is 9.97 Å². The minimum Gasteiger partial charge on any atom is -0.475 e. The number of rotatable bonds is 6. The molecule has 0 amide bonds. The normalized spacial score (nSPS) is 10.2. The van der Waals surface area contributed by atoms with E-state index in [0.717, 1.165) is 18.5 Å². The summed E-state index contributed by atoms with van der Waals surface area (Å²) in [7, 11) is 0. The van der Waals surface area contributed by atoms with Gasteiger partial charge in [-0.1, -0.05) is 30.3 Å². The molecule has 1 aromatic carbocycles. The zero-order valence-electron chi connectivity index (χ0n) is 10.8.